The summed E-state index contributed by atoms with van der Waals surface area (Å²) in [7, 11) is 2.99. The van der Waals surface area contributed by atoms with Crippen LogP contribution in [0.3, 0.4) is 0 Å². The second kappa shape index (κ2) is 6.34. The van der Waals surface area contributed by atoms with E-state index >= 15 is 0 Å². The number of benzene rings is 1. The van der Waals surface area contributed by atoms with Gasteiger partial charge in [-0.1, -0.05) is 11.6 Å². The SMILES string of the molecule is COc1cc(C(=O)NCc2cc[nH]c2)cc(Cl)c1OC. The highest BCUT2D eigenvalue weighted by molar-refractivity contribution is 6.32. The molecule has 0 saturated heterocycles. The maximum Gasteiger partial charge on any atom is 0.251 e. The molecule has 0 radical (unpaired) electrons. The van der Waals surface area contributed by atoms with Crippen LogP contribution >= 0.6 is 11.6 Å². The molecule has 2 aromatic rings. The molecule has 0 aliphatic heterocycles. The van der Waals surface area contributed by atoms with Crippen LogP contribution in [0.25, 0.3) is 0 Å². The van der Waals surface area contributed by atoms with Crippen molar-refractivity contribution in [1.29, 1.82) is 0 Å². The average molecular weight is 295 g/mol. The maximum atomic E-state index is 12.1. The molecular weight excluding hydrogens is 280 g/mol. The molecule has 2 N–H and O–H groups in total. The summed E-state index contributed by atoms with van der Waals surface area (Å²) in [5, 5.41) is 3.14. The molecule has 0 fully saturated rings. The van der Waals surface area contributed by atoms with Gasteiger partial charge in [-0.2, -0.15) is 0 Å². The van der Waals surface area contributed by atoms with Gasteiger partial charge < -0.3 is 19.8 Å². The third-order valence-corrected chi connectivity index (χ3v) is 3.09. The molecule has 6 heteroatoms. The minimum Gasteiger partial charge on any atom is -0.493 e. The number of nitrogens with one attached hydrogen (secondary N) is 2. The Labute approximate surface area is 121 Å². The van der Waals surface area contributed by atoms with Crippen molar-refractivity contribution in [3.8, 4) is 11.5 Å². The monoisotopic (exact) mass is 294 g/mol. The number of hydrogen-bond donors (Lipinski definition) is 2. The smallest absolute Gasteiger partial charge is 0.251 e. The van der Waals surface area contributed by atoms with Crippen molar-refractivity contribution in [3.05, 3.63) is 46.7 Å². The molecule has 1 aromatic carbocycles. The Morgan fingerprint density at radius 1 is 1.35 bits per heavy atom. The van der Waals surface area contributed by atoms with E-state index in [1.54, 1.807) is 18.3 Å². The molecule has 2 rings (SSSR count). The van der Waals surface area contributed by atoms with Gasteiger partial charge in [0.25, 0.3) is 5.91 Å². The number of hydrogen-bond acceptors (Lipinski definition) is 3. The van der Waals surface area contributed by atoms with Crippen molar-refractivity contribution in [2.45, 2.75) is 6.54 Å². The minimum atomic E-state index is -0.228. The predicted octanol–water partition coefficient (Wildman–Crippen LogP) is 2.62. The number of carbonyl (C=O) groups excluding carboxylic acids is 1. The van der Waals surface area contributed by atoms with Crippen LogP contribution in [-0.2, 0) is 6.54 Å². The quantitative estimate of drug-likeness (QED) is 0.891. The Balaban J connectivity index is 2.15. The number of rotatable bonds is 5. The molecule has 0 spiro atoms. The first-order chi connectivity index (χ1) is 9.65. The van der Waals surface area contributed by atoms with Crippen LogP contribution < -0.4 is 14.8 Å². The summed E-state index contributed by atoms with van der Waals surface area (Å²) in [5.74, 6) is 0.609. The van der Waals surface area contributed by atoms with E-state index in [-0.39, 0.29) is 5.91 Å². The molecule has 106 valence electrons. The van der Waals surface area contributed by atoms with Gasteiger partial charge in [-0.15, -0.1) is 0 Å². The Morgan fingerprint density at radius 3 is 2.75 bits per heavy atom. The molecule has 0 saturated carbocycles. The van der Waals surface area contributed by atoms with E-state index in [1.807, 2.05) is 12.3 Å². The third kappa shape index (κ3) is 3.05. The second-order valence-electron chi connectivity index (χ2n) is 4.10. The molecule has 5 nitrogen and oxygen atoms in total. The van der Waals surface area contributed by atoms with E-state index in [4.69, 9.17) is 21.1 Å². The molecule has 0 atom stereocenters. The molecule has 0 unspecified atom stereocenters. The van der Waals surface area contributed by atoms with Gasteiger partial charge in [0.2, 0.25) is 0 Å². The molecule has 0 aliphatic carbocycles. The van der Waals surface area contributed by atoms with E-state index in [1.165, 1.54) is 14.2 Å². The van der Waals surface area contributed by atoms with Crippen molar-refractivity contribution in [2.75, 3.05) is 14.2 Å². The fourth-order valence-electron chi connectivity index (χ4n) is 1.80. The Bertz CT molecular complexity index is 597. The zero-order valence-electron chi connectivity index (χ0n) is 11.2. The predicted molar refractivity (Wildman–Crippen MR) is 76.5 cm³/mol. The van der Waals surface area contributed by atoms with E-state index in [9.17, 15) is 4.79 Å². The molecule has 1 heterocycles. The Morgan fingerprint density at radius 2 is 2.15 bits per heavy atom. The number of amides is 1. The van der Waals surface area contributed by atoms with Crippen LogP contribution in [0.15, 0.2) is 30.6 Å². The highest BCUT2D eigenvalue weighted by Crippen LogP contribution is 2.35. The molecule has 0 bridgehead atoms. The standard InChI is InChI=1S/C14H15ClN2O3/c1-19-12-6-10(5-11(15)13(12)20-2)14(18)17-8-9-3-4-16-7-9/h3-7,16H,8H2,1-2H3,(H,17,18). The lowest BCUT2D eigenvalue weighted by Crippen LogP contribution is -2.22. The minimum absolute atomic E-state index is 0.228. The number of aromatic amines is 1. The van der Waals surface area contributed by atoms with Gasteiger partial charge in [-0.25, -0.2) is 0 Å². The largest absolute Gasteiger partial charge is 0.493 e. The van der Waals surface area contributed by atoms with Gasteiger partial charge in [0.1, 0.15) is 0 Å². The number of ether oxygens (including phenoxy) is 2. The van der Waals surface area contributed by atoms with Crippen LogP contribution in [0.1, 0.15) is 15.9 Å². The van der Waals surface area contributed by atoms with Gasteiger partial charge in [0, 0.05) is 24.5 Å². The van der Waals surface area contributed by atoms with Crippen molar-refractivity contribution >= 4 is 17.5 Å². The van der Waals surface area contributed by atoms with E-state index < -0.39 is 0 Å². The van der Waals surface area contributed by atoms with Crippen LogP contribution in [0.5, 0.6) is 11.5 Å². The summed E-state index contributed by atoms with van der Waals surface area (Å²) in [6.45, 7) is 0.439. The van der Waals surface area contributed by atoms with E-state index in [0.717, 1.165) is 5.56 Å². The van der Waals surface area contributed by atoms with Crippen molar-refractivity contribution in [2.24, 2.45) is 0 Å². The normalized spacial score (nSPS) is 10.2. The van der Waals surface area contributed by atoms with Gasteiger partial charge in [0.05, 0.1) is 19.2 Å². The fourth-order valence-corrected chi connectivity index (χ4v) is 2.09. The zero-order chi connectivity index (χ0) is 14.5. The van der Waals surface area contributed by atoms with Gasteiger partial charge in [0.15, 0.2) is 11.5 Å². The molecule has 1 amide bonds. The number of methoxy groups -OCH3 is 2. The number of halogens is 1. The summed E-state index contributed by atoms with van der Waals surface area (Å²) >= 11 is 6.07. The van der Waals surface area contributed by atoms with Crippen LogP contribution in [0.4, 0.5) is 0 Å². The lowest BCUT2D eigenvalue weighted by atomic mass is 10.2. The van der Waals surface area contributed by atoms with Crippen LogP contribution in [0.2, 0.25) is 5.02 Å². The summed E-state index contributed by atoms with van der Waals surface area (Å²) in [5.41, 5.74) is 1.41. The highest BCUT2D eigenvalue weighted by Gasteiger charge is 2.15. The van der Waals surface area contributed by atoms with E-state index in [0.29, 0.717) is 28.6 Å². The van der Waals surface area contributed by atoms with Crippen molar-refractivity contribution < 1.29 is 14.3 Å². The van der Waals surface area contributed by atoms with Gasteiger partial charge >= 0.3 is 0 Å². The Hall–Kier alpha value is -2.14. The summed E-state index contributed by atoms with van der Waals surface area (Å²) < 4.78 is 10.3. The number of H-pyrrole nitrogens is 1. The molecule has 0 aliphatic rings. The average Bonchev–Trinajstić information content (AvgIpc) is 2.97. The van der Waals surface area contributed by atoms with E-state index in [2.05, 4.69) is 10.3 Å². The van der Waals surface area contributed by atoms with Crippen LogP contribution in [-0.4, -0.2) is 25.1 Å². The zero-order valence-corrected chi connectivity index (χ0v) is 12.0. The van der Waals surface area contributed by atoms with Gasteiger partial charge in [-0.05, 0) is 23.8 Å². The molecule has 20 heavy (non-hydrogen) atoms. The summed E-state index contributed by atoms with van der Waals surface area (Å²) in [4.78, 5) is 15.0. The number of carbonyl (C=O) groups is 1. The summed E-state index contributed by atoms with van der Waals surface area (Å²) in [6, 6.07) is 5.04. The van der Waals surface area contributed by atoms with Gasteiger partial charge in [-0.3, -0.25) is 4.79 Å². The fraction of sp³-hybridized carbons (Fsp3) is 0.214. The summed E-state index contributed by atoms with van der Waals surface area (Å²) in [6.07, 6.45) is 3.62. The molecule has 1 aromatic heterocycles. The first-order valence-corrected chi connectivity index (χ1v) is 6.35. The Kier molecular flexibility index (Phi) is 4.53. The van der Waals surface area contributed by atoms with Crippen LogP contribution in [0, 0.1) is 0 Å². The molecular formula is C14H15ClN2O3. The first-order valence-electron chi connectivity index (χ1n) is 5.97. The second-order valence-corrected chi connectivity index (χ2v) is 4.50. The lowest BCUT2D eigenvalue weighted by Gasteiger charge is -2.11. The lowest BCUT2D eigenvalue weighted by molar-refractivity contribution is 0.0950. The third-order valence-electron chi connectivity index (χ3n) is 2.81. The van der Waals surface area contributed by atoms with Crippen molar-refractivity contribution in [3.63, 3.8) is 0 Å². The highest BCUT2D eigenvalue weighted by atomic mass is 35.5. The number of aromatic nitrogens is 1. The van der Waals surface area contributed by atoms with Crippen molar-refractivity contribution in [1.82, 2.24) is 10.3 Å². The first kappa shape index (κ1) is 14.3. The topological polar surface area (TPSA) is 63.3 Å². The maximum absolute atomic E-state index is 12.1.